The van der Waals surface area contributed by atoms with Crippen molar-refractivity contribution < 1.29 is 0 Å². The summed E-state index contributed by atoms with van der Waals surface area (Å²) in [5.41, 5.74) is 2.05. The molecule has 1 unspecified atom stereocenters. The molecule has 0 aliphatic carbocycles. The Morgan fingerprint density at radius 1 is 1.53 bits per heavy atom. The number of imidazole rings is 1. The summed E-state index contributed by atoms with van der Waals surface area (Å²) in [6.45, 7) is 2.11. The van der Waals surface area contributed by atoms with Gasteiger partial charge in [-0.1, -0.05) is 0 Å². The van der Waals surface area contributed by atoms with Crippen LogP contribution in [0.25, 0.3) is 5.65 Å². The van der Waals surface area contributed by atoms with Crippen molar-refractivity contribution in [3.05, 3.63) is 28.9 Å². The molecule has 15 heavy (non-hydrogen) atoms. The van der Waals surface area contributed by atoms with Gasteiger partial charge in [-0.25, -0.2) is 4.98 Å². The van der Waals surface area contributed by atoms with Crippen LogP contribution in [0.4, 0.5) is 0 Å². The molecule has 1 N–H and O–H groups in total. The molecule has 1 aliphatic heterocycles. The standard InChI is InChI=1S/C10H11BrN4/c11-10-9(7-1-2-12-5-7)14-8-6-13-3-4-15(8)10/h3-4,6-7,12H,1-2,5H2. The first kappa shape index (κ1) is 9.30. The molecule has 1 fully saturated rings. The smallest absolute Gasteiger partial charge is 0.156 e. The number of halogens is 1. The van der Waals surface area contributed by atoms with Gasteiger partial charge in [0, 0.05) is 24.9 Å². The lowest BCUT2D eigenvalue weighted by Crippen LogP contribution is -2.08. The molecule has 3 heterocycles. The highest BCUT2D eigenvalue weighted by Crippen LogP contribution is 2.29. The molecule has 1 aliphatic rings. The normalized spacial score (nSPS) is 21.3. The molecule has 0 aromatic carbocycles. The lowest BCUT2D eigenvalue weighted by Gasteiger charge is -2.04. The van der Waals surface area contributed by atoms with Crippen molar-refractivity contribution in [2.45, 2.75) is 12.3 Å². The zero-order chi connectivity index (χ0) is 10.3. The lowest BCUT2D eigenvalue weighted by atomic mass is 10.1. The van der Waals surface area contributed by atoms with Crippen LogP contribution in [0, 0.1) is 0 Å². The first-order valence-corrected chi connectivity index (χ1v) is 5.84. The van der Waals surface area contributed by atoms with Crippen molar-refractivity contribution in [3.8, 4) is 0 Å². The second-order valence-corrected chi connectivity index (χ2v) is 4.53. The number of aromatic nitrogens is 3. The summed E-state index contributed by atoms with van der Waals surface area (Å²) in [7, 11) is 0. The van der Waals surface area contributed by atoms with Crippen LogP contribution in [0.3, 0.4) is 0 Å². The number of hydrogen-bond donors (Lipinski definition) is 1. The van der Waals surface area contributed by atoms with E-state index in [2.05, 4.69) is 31.2 Å². The van der Waals surface area contributed by atoms with E-state index in [4.69, 9.17) is 0 Å². The summed E-state index contributed by atoms with van der Waals surface area (Å²) in [5, 5.41) is 3.36. The van der Waals surface area contributed by atoms with E-state index < -0.39 is 0 Å². The minimum Gasteiger partial charge on any atom is -0.316 e. The van der Waals surface area contributed by atoms with Crippen molar-refractivity contribution in [2.24, 2.45) is 0 Å². The van der Waals surface area contributed by atoms with Gasteiger partial charge < -0.3 is 5.32 Å². The Labute approximate surface area is 95.9 Å². The van der Waals surface area contributed by atoms with E-state index in [1.807, 2.05) is 10.6 Å². The van der Waals surface area contributed by atoms with E-state index in [-0.39, 0.29) is 0 Å². The number of nitrogens with one attached hydrogen (secondary N) is 1. The number of hydrogen-bond acceptors (Lipinski definition) is 3. The number of rotatable bonds is 1. The van der Waals surface area contributed by atoms with E-state index in [0.29, 0.717) is 5.92 Å². The Hall–Kier alpha value is -0.940. The highest BCUT2D eigenvalue weighted by molar-refractivity contribution is 9.10. The van der Waals surface area contributed by atoms with Gasteiger partial charge in [0.05, 0.1) is 11.9 Å². The van der Waals surface area contributed by atoms with Crippen molar-refractivity contribution in [1.82, 2.24) is 19.7 Å². The van der Waals surface area contributed by atoms with Gasteiger partial charge >= 0.3 is 0 Å². The molecule has 0 amide bonds. The van der Waals surface area contributed by atoms with E-state index in [1.165, 1.54) is 0 Å². The van der Waals surface area contributed by atoms with Gasteiger partial charge in [-0.3, -0.25) is 9.38 Å². The van der Waals surface area contributed by atoms with Gasteiger partial charge in [0.25, 0.3) is 0 Å². The third-order valence-electron chi connectivity index (χ3n) is 2.84. The molecular weight excluding hydrogens is 256 g/mol. The molecule has 5 heteroatoms. The molecule has 4 nitrogen and oxygen atoms in total. The summed E-state index contributed by atoms with van der Waals surface area (Å²) in [4.78, 5) is 8.68. The highest BCUT2D eigenvalue weighted by Gasteiger charge is 2.22. The van der Waals surface area contributed by atoms with Crippen LogP contribution in [-0.2, 0) is 0 Å². The van der Waals surface area contributed by atoms with Crippen molar-refractivity contribution >= 4 is 21.6 Å². The Kier molecular flexibility index (Phi) is 2.21. The SMILES string of the molecule is Brc1c(C2CCNC2)nc2cnccn12. The van der Waals surface area contributed by atoms with Gasteiger partial charge in [-0.05, 0) is 28.9 Å². The van der Waals surface area contributed by atoms with Crippen molar-refractivity contribution in [3.63, 3.8) is 0 Å². The fourth-order valence-electron chi connectivity index (χ4n) is 2.04. The Bertz CT molecular complexity index is 487. The first-order chi connectivity index (χ1) is 7.36. The molecule has 1 atom stereocenters. The maximum absolute atomic E-state index is 4.61. The lowest BCUT2D eigenvalue weighted by molar-refractivity contribution is 0.737. The summed E-state index contributed by atoms with van der Waals surface area (Å²) >= 11 is 3.61. The fraction of sp³-hybridized carbons (Fsp3) is 0.400. The van der Waals surface area contributed by atoms with Gasteiger partial charge in [-0.2, -0.15) is 0 Å². The topological polar surface area (TPSA) is 42.2 Å². The molecule has 0 radical (unpaired) electrons. The third kappa shape index (κ3) is 1.46. The Morgan fingerprint density at radius 3 is 3.20 bits per heavy atom. The van der Waals surface area contributed by atoms with Gasteiger partial charge in [0.15, 0.2) is 5.65 Å². The van der Waals surface area contributed by atoms with Gasteiger partial charge in [0.1, 0.15) is 4.60 Å². The summed E-state index contributed by atoms with van der Waals surface area (Å²) < 4.78 is 3.09. The summed E-state index contributed by atoms with van der Waals surface area (Å²) in [6, 6.07) is 0. The molecule has 2 aromatic rings. The molecule has 1 saturated heterocycles. The first-order valence-electron chi connectivity index (χ1n) is 5.04. The molecule has 78 valence electrons. The van der Waals surface area contributed by atoms with Crippen LogP contribution in [0.2, 0.25) is 0 Å². The Balaban J connectivity index is 2.14. The summed E-state index contributed by atoms with van der Waals surface area (Å²) in [6.07, 6.45) is 6.65. The highest BCUT2D eigenvalue weighted by atomic mass is 79.9. The average Bonchev–Trinajstić information content (AvgIpc) is 2.87. The van der Waals surface area contributed by atoms with Crippen molar-refractivity contribution in [2.75, 3.05) is 13.1 Å². The maximum Gasteiger partial charge on any atom is 0.156 e. The van der Waals surface area contributed by atoms with Gasteiger partial charge in [-0.15, -0.1) is 0 Å². The molecule has 0 saturated carbocycles. The number of fused-ring (bicyclic) bond motifs is 1. The zero-order valence-electron chi connectivity index (χ0n) is 8.15. The van der Waals surface area contributed by atoms with Crippen LogP contribution in [0.5, 0.6) is 0 Å². The maximum atomic E-state index is 4.61. The summed E-state index contributed by atoms with van der Waals surface area (Å²) in [5.74, 6) is 0.527. The van der Waals surface area contributed by atoms with Gasteiger partial charge in [0.2, 0.25) is 0 Å². The fourth-order valence-corrected chi connectivity index (χ4v) is 2.76. The second kappa shape index (κ2) is 3.57. The van der Waals surface area contributed by atoms with E-state index in [9.17, 15) is 0 Å². The quantitative estimate of drug-likeness (QED) is 0.852. The Morgan fingerprint density at radius 2 is 2.47 bits per heavy atom. The molecule has 0 bridgehead atoms. The monoisotopic (exact) mass is 266 g/mol. The zero-order valence-corrected chi connectivity index (χ0v) is 9.74. The second-order valence-electron chi connectivity index (χ2n) is 3.78. The predicted molar refractivity (Wildman–Crippen MR) is 60.9 cm³/mol. The van der Waals surface area contributed by atoms with E-state index in [0.717, 1.165) is 35.5 Å². The predicted octanol–water partition coefficient (Wildman–Crippen LogP) is 1.57. The van der Waals surface area contributed by atoms with E-state index >= 15 is 0 Å². The average molecular weight is 267 g/mol. The molecule has 0 spiro atoms. The van der Waals surface area contributed by atoms with Crippen LogP contribution in [-0.4, -0.2) is 27.5 Å². The van der Waals surface area contributed by atoms with Crippen LogP contribution < -0.4 is 5.32 Å². The molecular formula is C10H11BrN4. The van der Waals surface area contributed by atoms with E-state index in [1.54, 1.807) is 12.4 Å². The van der Waals surface area contributed by atoms with Crippen LogP contribution >= 0.6 is 15.9 Å². The molecule has 2 aromatic heterocycles. The largest absolute Gasteiger partial charge is 0.316 e. The minimum atomic E-state index is 0.527. The van der Waals surface area contributed by atoms with Crippen LogP contribution in [0.1, 0.15) is 18.0 Å². The molecule has 3 rings (SSSR count). The third-order valence-corrected chi connectivity index (χ3v) is 3.63. The number of nitrogens with zero attached hydrogens (tertiary/aromatic N) is 3. The van der Waals surface area contributed by atoms with Crippen LogP contribution in [0.15, 0.2) is 23.2 Å². The van der Waals surface area contributed by atoms with Crippen molar-refractivity contribution in [1.29, 1.82) is 0 Å². The minimum absolute atomic E-state index is 0.527.